The molecule has 0 heterocycles. The molecule has 0 radical (unpaired) electrons. The first-order valence-corrected chi connectivity index (χ1v) is 7.76. The average Bonchev–Trinajstić information content (AvgIpc) is 2.56. The molecular formula is C16H14Cl2F2N2O3. The number of hydrogen-bond acceptors (Lipinski definition) is 4. The smallest absolute Gasteiger partial charge is 0.387 e. The number of carbonyl (C=O) groups is 1. The molecule has 134 valence electrons. The maximum absolute atomic E-state index is 12.4. The molecule has 0 aromatic heterocycles. The first-order valence-electron chi connectivity index (χ1n) is 7.00. The predicted octanol–water partition coefficient (Wildman–Crippen LogP) is 4.65. The van der Waals surface area contributed by atoms with Gasteiger partial charge in [-0.05, 0) is 30.3 Å². The number of rotatable bonds is 7. The highest BCUT2D eigenvalue weighted by molar-refractivity contribution is 6.35. The van der Waals surface area contributed by atoms with E-state index in [2.05, 4.69) is 15.4 Å². The summed E-state index contributed by atoms with van der Waals surface area (Å²) in [6.07, 6.45) is 0. The zero-order chi connectivity index (χ0) is 18.4. The highest BCUT2D eigenvalue weighted by atomic mass is 35.5. The zero-order valence-corrected chi connectivity index (χ0v) is 14.5. The van der Waals surface area contributed by atoms with Crippen molar-refractivity contribution in [3.63, 3.8) is 0 Å². The molecule has 5 nitrogen and oxygen atoms in total. The van der Waals surface area contributed by atoms with Gasteiger partial charge in [-0.25, -0.2) is 0 Å². The van der Waals surface area contributed by atoms with Gasteiger partial charge in [-0.3, -0.25) is 4.79 Å². The van der Waals surface area contributed by atoms with Crippen LogP contribution in [0.3, 0.4) is 0 Å². The van der Waals surface area contributed by atoms with Crippen LogP contribution in [0.2, 0.25) is 10.0 Å². The van der Waals surface area contributed by atoms with Gasteiger partial charge in [0.15, 0.2) is 11.5 Å². The summed E-state index contributed by atoms with van der Waals surface area (Å²) in [6, 6.07) is 9.00. The molecule has 0 bridgehead atoms. The Morgan fingerprint density at radius 3 is 2.60 bits per heavy atom. The highest BCUT2D eigenvalue weighted by Gasteiger charge is 2.12. The minimum atomic E-state index is -2.99. The van der Waals surface area contributed by atoms with E-state index < -0.39 is 12.5 Å². The third-order valence-electron chi connectivity index (χ3n) is 3.04. The van der Waals surface area contributed by atoms with Gasteiger partial charge < -0.3 is 20.1 Å². The standard InChI is InChI=1S/C16H14Cl2F2N2O3/c1-24-13-5-3-10(7-14(13)25-16(19)20)21-8-15(23)22-12-6-9(17)2-4-11(12)18/h2-7,16,21H,8H2,1H3,(H,22,23). The summed E-state index contributed by atoms with van der Waals surface area (Å²) < 4.78 is 34.1. The largest absolute Gasteiger partial charge is 0.493 e. The Labute approximate surface area is 152 Å². The van der Waals surface area contributed by atoms with E-state index in [0.29, 0.717) is 21.4 Å². The van der Waals surface area contributed by atoms with Crippen LogP contribution in [-0.2, 0) is 4.79 Å². The van der Waals surface area contributed by atoms with E-state index in [4.69, 9.17) is 27.9 Å². The van der Waals surface area contributed by atoms with Crippen molar-refractivity contribution >= 4 is 40.5 Å². The van der Waals surface area contributed by atoms with Crippen molar-refractivity contribution in [1.82, 2.24) is 0 Å². The Hall–Kier alpha value is -2.25. The molecule has 9 heteroatoms. The van der Waals surface area contributed by atoms with Crippen LogP contribution in [-0.4, -0.2) is 26.2 Å². The van der Waals surface area contributed by atoms with Gasteiger partial charge >= 0.3 is 6.61 Å². The van der Waals surface area contributed by atoms with Crippen LogP contribution < -0.4 is 20.1 Å². The maximum Gasteiger partial charge on any atom is 0.387 e. The summed E-state index contributed by atoms with van der Waals surface area (Å²) in [6.45, 7) is -3.11. The summed E-state index contributed by atoms with van der Waals surface area (Å²) in [4.78, 5) is 12.0. The molecule has 0 aliphatic rings. The topological polar surface area (TPSA) is 59.6 Å². The number of anilines is 2. The molecule has 0 aliphatic carbocycles. The molecule has 2 N–H and O–H groups in total. The van der Waals surface area contributed by atoms with Gasteiger partial charge in [0, 0.05) is 16.8 Å². The van der Waals surface area contributed by atoms with Gasteiger partial charge in [-0.15, -0.1) is 0 Å². The van der Waals surface area contributed by atoms with Crippen molar-refractivity contribution in [3.8, 4) is 11.5 Å². The van der Waals surface area contributed by atoms with Gasteiger partial charge in [-0.1, -0.05) is 23.2 Å². The molecule has 0 saturated heterocycles. The van der Waals surface area contributed by atoms with Gasteiger partial charge in [-0.2, -0.15) is 8.78 Å². The van der Waals surface area contributed by atoms with Gasteiger partial charge in [0.25, 0.3) is 0 Å². The maximum atomic E-state index is 12.4. The minimum Gasteiger partial charge on any atom is -0.493 e. The Morgan fingerprint density at radius 1 is 1.16 bits per heavy atom. The molecule has 25 heavy (non-hydrogen) atoms. The molecule has 2 aromatic rings. The van der Waals surface area contributed by atoms with E-state index in [0.717, 1.165) is 0 Å². The number of ether oxygens (including phenoxy) is 2. The van der Waals surface area contributed by atoms with Crippen LogP contribution in [0, 0.1) is 0 Å². The zero-order valence-electron chi connectivity index (χ0n) is 13.0. The predicted molar refractivity (Wildman–Crippen MR) is 93.2 cm³/mol. The van der Waals surface area contributed by atoms with E-state index in [1.54, 1.807) is 18.2 Å². The number of halogens is 4. The van der Waals surface area contributed by atoms with Crippen LogP contribution in [0.5, 0.6) is 11.5 Å². The molecule has 0 saturated carbocycles. The lowest BCUT2D eigenvalue weighted by Gasteiger charge is -2.13. The van der Waals surface area contributed by atoms with E-state index in [1.165, 1.54) is 25.3 Å². The second-order valence-electron chi connectivity index (χ2n) is 4.77. The van der Waals surface area contributed by atoms with Crippen LogP contribution in [0.15, 0.2) is 36.4 Å². The van der Waals surface area contributed by atoms with Crippen LogP contribution in [0.4, 0.5) is 20.2 Å². The van der Waals surface area contributed by atoms with E-state index in [1.807, 2.05) is 0 Å². The Balaban J connectivity index is 2.00. The molecule has 0 fully saturated rings. The minimum absolute atomic E-state index is 0.122. The van der Waals surface area contributed by atoms with Crippen LogP contribution in [0.1, 0.15) is 0 Å². The first-order chi connectivity index (χ1) is 11.9. The normalized spacial score (nSPS) is 10.5. The summed E-state index contributed by atoms with van der Waals surface area (Å²) in [5.74, 6) is -0.377. The van der Waals surface area contributed by atoms with E-state index >= 15 is 0 Å². The van der Waals surface area contributed by atoms with Crippen LogP contribution >= 0.6 is 23.2 Å². The Bertz CT molecular complexity index is 760. The van der Waals surface area contributed by atoms with Crippen molar-refractivity contribution in [3.05, 3.63) is 46.4 Å². The molecule has 0 unspecified atom stereocenters. The molecule has 1 amide bonds. The van der Waals surface area contributed by atoms with Gasteiger partial charge in [0.2, 0.25) is 5.91 Å². The van der Waals surface area contributed by atoms with E-state index in [9.17, 15) is 13.6 Å². The van der Waals surface area contributed by atoms with Gasteiger partial charge in [0.05, 0.1) is 24.4 Å². The third-order valence-corrected chi connectivity index (χ3v) is 3.60. The summed E-state index contributed by atoms with van der Waals surface area (Å²) >= 11 is 11.8. The summed E-state index contributed by atoms with van der Waals surface area (Å²) in [5, 5.41) is 6.16. The number of benzene rings is 2. The number of hydrogen-bond donors (Lipinski definition) is 2. The molecule has 0 aliphatic heterocycles. The fourth-order valence-corrected chi connectivity index (χ4v) is 2.28. The van der Waals surface area contributed by atoms with Crippen molar-refractivity contribution in [2.24, 2.45) is 0 Å². The van der Waals surface area contributed by atoms with Crippen molar-refractivity contribution < 1.29 is 23.0 Å². The third kappa shape index (κ3) is 5.65. The molecule has 0 atom stereocenters. The monoisotopic (exact) mass is 390 g/mol. The second-order valence-corrected chi connectivity index (χ2v) is 5.61. The Morgan fingerprint density at radius 2 is 1.92 bits per heavy atom. The van der Waals surface area contributed by atoms with Crippen molar-refractivity contribution in [2.75, 3.05) is 24.3 Å². The number of amides is 1. The fourth-order valence-electron chi connectivity index (χ4n) is 1.94. The second kappa shape index (κ2) is 8.73. The first kappa shape index (κ1) is 19.1. The summed E-state index contributed by atoms with van der Waals surface area (Å²) in [7, 11) is 1.34. The number of nitrogens with one attached hydrogen (secondary N) is 2. The summed E-state index contributed by atoms with van der Waals surface area (Å²) in [5.41, 5.74) is 0.779. The Kier molecular flexibility index (Phi) is 6.66. The molecule has 2 rings (SSSR count). The van der Waals surface area contributed by atoms with Crippen LogP contribution in [0.25, 0.3) is 0 Å². The molecule has 0 spiro atoms. The number of carbonyl (C=O) groups excluding carboxylic acids is 1. The number of alkyl halides is 2. The SMILES string of the molecule is COc1ccc(NCC(=O)Nc2cc(Cl)ccc2Cl)cc1OC(F)F. The highest BCUT2D eigenvalue weighted by Crippen LogP contribution is 2.31. The van der Waals surface area contributed by atoms with Crippen molar-refractivity contribution in [2.45, 2.75) is 6.61 Å². The lowest BCUT2D eigenvalue weighted by molar-refractivity contribution is -0.114. The fraction of sp³-hybridized carbons (Fsp3) is 0.188. The molecular weight excluding hydrogens is 377 g/mol. The quantitative estimate of drug-likeness (QED) is 0.721. The lowest BCUT2D eigenvalue weighted by Crippen LogP contribution is -2.22. The van der Waals surface area contributed by atoms with E-state index in [-0.39, 0.29) is 18.0 Å². The lowest BCUT2D eigenvalue weighted by atomic mass is 10.2. The van der Waals surface area contributed by atoms with Crippen molar-refractivity contribution in [1.29, 1.82) is 0 Å². The number of methoxy groups -OCH3 is 1. The van der Waals surface area contributed by atoms with Gasteiger partial charge in [0.1, 0.15) is 0 Å². The molecule has 2 aromatic carbocycles. The average molecular weight is 391 g/mol.